The Balaban J connectivity index is 2.40. The molecule has 1 heterocycles. The first-order valence-corrected chi connectivity index (χ1v) is 7.02. The van der Waals surface area contributed by atoms with Crippen LogP contribution >= 0.6 is 23.2 Å². The van der Waals surface area contributed by atoms with Gasteiger partial charge in [-0.1, -0.05) is 35.3 Å². The lowest BCUT2D eigenvalue weighted by Gasteiger charge is -2.18. The van der Waals surface area contributed by atoms with Crippen LogP contribution in [-0.4, -0.2) is 23.5 Å². The van der Waals surface area contributed by atoms with Crippen LogP contribution in [0.15, 0.2) is 24.4 Å². The summed E-state index contributed by atoms with van der Waals surface area (Å²) in [6.07, 6.45) is 1.60. The Morgan fingerprint density at radius 3 is 2.80 bits per heavy atom. The SMILES string of the molecule is COCCn1ncc(Cl)c1C(N)c1cccc(Cl)c1C. The van der Waals surface area contributed by atoms with Crippen molar-refractivity contribution in [1.82, 2.24) is 9.78 Å². The predicted molar refractivity (Wildman–Crippen MR) is 81.3 cm³/mol. The van der Waals surface area contributed by atoms with Crippen LogP contribution in [-0.2, 0) is 11.3 Å². The van der Waals surface area contributed by atoms with Crippen molar-refractivity contribution in [2.45, 2.75) is 19.5 Å². The lowest BCUT2D eigenvalue weighted by atomic mass is 9.99. The van der Waals surface area contributed by atoms with E-state index in [9.17, 15) is 0 Å². The quantitative estimate of drug-likeness (QED) is 0.922. The second-order valence-electron chi connectivity index (χ2n) is 4.53. The topological polar surface area (TPSA) is 53.1 Å². The lowest BCUT2D eigenvalue weighted by molar-refractivity contribution is 0.182. The molecule has 0 spiro atoms. The Morgan fingerprint density at radius 1 is 1.35 bits per heavy atom. The fraction of sp³-hybridized carbons (Fsp3) is 0.357. The van der Waals surface area contributed by atoms with Crippen molar-refractivity contribution in [3.8, 4) is 0 Å². The number of ether oxygens (including phenoxy) is 1. The van der Waals surface area contributed by atoms with Gasteiger partial charge in [0.15, 0.2) is 0 Å². The third kappa shape index (κ3) is 2.99. The fourth-order valence-electron chi connectivity index (χ4n) is 2.15. The summed E-state index contributed by atoms with van der Waals surface area (Å²) in [6.45, 7) is 3.10. The van der Waals surface area contributed by atoms with Gasteiger partial charge in [0.1, 0.15) is 0 Å². The van der Waals surface area contributed by atoms with Crippen molar-refractivity contribution < 1.29 is 4.74 Å². The molecule has 0 aliphatic carbocycles. The molecule has 6 heteroatoms. The van der Waals surface area contributed by atoms with E-state index < -0.39 is 0 Å². The standard InChI is InChI=1S/C14H17Cl2N3O/c1-9-10(4-3-5-11(9)15)13(17)14-12(16)8-18-19(14)6-7-20-2/h3-5,8,13H,6-7,17H2,1-2H3. The van der Waals surface area contributed by atoms with Crippen LogP contribution in [0.4, 0.5) is 0 Å². The molecule has 108 valence electrons. The molecule has 0 radical (unpaired) electrons. The first kappa shape index (κ1) is 15.3. The number of hydrogen-bond donors (Lipinski definition) is 1. The zero-order valence-corrected chi connectivity index (χ0v) is 12.9. The van der Waals surface area contributed by atoms with Crippen molar-refractivity contribution in [3.63, 3.8) is 0 Å². The summed E-state index contributed by atoms with van der Waals surface area (Å²) in [5.41, 5.74) is 9.03. The molecule has 0 aliphatic heterocycles. The van der Waals surface area contributed by atoms with Gasteiger partial charge in [0.05, 0.1) is 36.1 Å². The minimum Gasteiger partial charge on any atom is -0.383 e. The Hall–Kier alpha value is -1.07. The molecule has 0 amide bonds. The molecule has 1 unspecified atom stereocenters. The molecule has 20 heavy (non-hydrogen) atoms. The van der Waals surface area contributed by atoms with Gasteiger partial charge in [-0.25, -0.2) is 0 Å². The van der Waals surface area contributed by atoms with Gasteiger partial charge in [-0.15, -0.1) is 0 Å². The molecular weight excluding hydrogens is 297 g/mol. The van der Waals surface area contributed by atoms with Crippen LogP contribution in [0.3, 0.4) is 0 Å². The number of nitrogens with two attached hydrogens (primary N) is 1. The van der Waals surface area contributed by atoms with E-state index in [2.05, 4.69) is 5.10 Å². The van der Waals surface area contributed by atoms with E-state index in [1.807, 2.05) is 25.1 Å². The smallest absolute Gasteiger partial charge is 0.0837 e. The van der Waals surface area contributed by atoms with Gasteiger partial charge in [0, 0.05) is 12.1 Å². The van der Waals surface area contributed by atoms with Crippen molar-refractivity contribution in [3.05, 3.63) is 51.3 Å². The Kier molecular flexibility index (Phi) is 5.05. The third-order valence-electron chi connectivity index (χ3n) is 3.28. The van der Waals surface area contributed by atoms with Gasteiger partial charge in [0.2, 0.25) is 0 Å². The van der Waals surface area contributed by atoms with Gasteiger partial charge in [-0.05, 0) is 24.1 Å². The highest BCUT2D eigenvalue weighted by Gasteiger charge is 2.20. The number of nitrogens with zero attached hydrogens (tertiary/aromatic N) is 2. The van der Waals surface area contributed by atoms with E-state index in [1.54, 1.807) is 18.0 Å². The van der Waals surface area contributed by atoms with Crippen LogP contribution in [0, 0.1) is 6.92 Å². The number of methoxy groups -OCH3 is 1. The second-order valence-corrected chi connectivity index (χ2v) is 5.34. The Labute approximate surface area is 128 Å². The van der Waals surface area contributed by atoms with Gasteiger partial charge in [0.25, 0.3) is 0 Å². The monoisotopic (exact) mass is 313 g/mol. The number of aromatic nitrogens is 2. The normalized spacial score (nSPS) is 12.7. The molecule has 4 nitrogen and oxygen atoms in total. The third-order valence-corrected chi connectivity index (χ3v) is 3.98. The summed E-state index contributed by atoms with van der Waals surface area (Å²) >= 11 is 12.4. The predicted octanol–water partition coefficient (Wildman–Crippen LogP) is 3.19. The van der Waals surface area contributed by atoms with Crippen molar-refractivity contribution in [1.29, 1.82) is 0 Å². The molecule has 0 saturated carbocycles. The maximum Gasteiger partial charge on any atom is 0.0837 e. The van der Waals surface area contributed by atoms with Crippen molar-refractivity contribution >= 4 is 23.2 Å². The number of benzene rings is 1. The molecule has 2 aromatic rings. The van der Waals surface area contributed by atoms with E-state index in [4.69, 9.17) is 33.7 Å². The second kappa shape index (κ2) is 6.59. The van der Waals surface area contributed by atoms with E-state index in [-0.39, 0.29) is 6.04 Å². The summed E-state index contributed by atoms with van der Waals surface area (Å²) in [4.78, 5) is 0. The van der Waals surface area contributed by atoms with Crippen LogP contribution in [0.5, 0.6) is 0 Å². The highest BCUT2D eigenvalue weighted by molar-refractivity contribution is 6.31. The molecular formula is C14H17Cl2N3O. The minimum atomic E-state index is -0.374. The molecule has 2 rings (SSSR count). The first-order chi connectivity index (χ1) is 9.56. The van der Waals surface area contributed by atoms with Crippen molar-refractivity contribution in [2.24, 2.45) is 5.73 Å². The van der Waals surface area contributed by atoms with Crippen molar-refractivity contribution in [2.75, 3.05) is 13.7 Å². The molecule has 0 aliphatic rings. The Bertz CT molecular complexity index is 598. The summed E-state index contributed by atoms with van der Waals surface area (Å²) in [5.74, 6) is 0. The molecule has 2 N–H and O–H groups in total. The van der Waals surface area contributed by atoms with E-state index in [0.717, 1.165) is 16.8 Å². The number of halogens is 2. The highest BCUT2D eigenvalue weighted by atomic mass is 35.5. The number of rotatable bonds is 5. The molecule has 0 fully saturated rings. The summed E-state index contributed by atoms with van der Waals surface area (Å²) in [6, 6.07) is 5.31. The lowest BCUT2D eigenvalue weighted by Crippen LogP contribution is -2.20. The molecule has 1 aromatic carbocycles. The fourth-order valence-corrected chi connectivity index (χ4v) is 2.59. The molecule has 0 bridgehead atoms. The zero-order valence-electron chi connectivity index (χ0n) is 11.4. The average Bonchev–Trinajstić information content (AvgIpc) is 2.80. The van der Waals surface area contributed by atoms with Crippen LogP contribution in [0.1, 0.15) is 22.9 Å². The maximum absolute atomic E-state index is 6.36. The average molecular weight is 314 g/mol. The van der Waals surface area contributed by atoms with E-state index in [0.29, 0.717) is 23.2 Å². The Morgan fingerprint density at radius 2 is 2.10 bits per heavy atom. The summed E-state index contributed by atoms with van der Waals surface area (Å²) in [7, 11) is 1.64. The first-order valence-electron chi connectivity index (χ1n) is 6.27. The van der Waals surface area contributed by atoms with Gasteiger partial charge >= 0.3 is 0 Å². The largest absolute Gasteiger partial charge is 0.383 e. The van der Waals surface area contributed by atoms with Gasteiger partial charge in [-0.2, -0.15) is 5.10 Å². The van der Waals surface area contributed by atoms with Crippen LogP contribution in [0.2, 0.25) is 10.0 Å². The molecule has 0 saturated heterocycles. The van der Waals surface area contributed by atoms with Gasteiger partial charge < -0.3 is 10.5 Å². The highest BCUT2D eigenvalue weighted by Crippen LogP contribution is 2.30. The maximum atomic E-state index is 6.36. The minimum absolute atomic E-state index is 0.374. The van der Waals surface area contributed by atoms with Crippen LogP contribution < -0.4 is 5.73 Å². The zero-order chi connectivity index (χ0) is 14.7. The van der Waals surface area contributed by atoms with E-state index >= 15 is 0 Å². The summed E-state index contributed by atoms with van der Waals surface area (Å²) in [5, 5.41) is 5.48. The molecule has 1 aromatic heterocycles. The van der Waals surface area contributed by atoms with E-state index in [1.165, 1.54) is 0 Å². The van der Waals surface area contributed by atoms with Crippen LogP contribution in [0.25, 0.3) is 0 Å². The van der Waals surface area contributed by atoms with Gasteiger partial charge in [-0.3, -0.25) is 4.68 Å². The molecule has 1 atom stereocenters. The summed E-state index contributed by atoms with van der Waals surface area (Å²) < 4.78 is 6.85. The number of hydrogen-bond acceptors (Lipinski definition) is 3.